The van der Waals surface area contributed by atoms with Gasteiger partial charge in [-0.1, -0.05) is 127 Å². The van der Waals surface area contributed by atoms with E-state index in [1.165, 1.54) is 39.7 Å². The second-order valence-electron chi connectivity index (χ2n) is 15.1. The second kappa shape index (κ2) is 13.4. The highest BCUT2D eigenvalue weighted by Gasteiger charge is 2.32. The lowest BCUT2D eigenvalue weighted by Gasteiger charge is -2.43. The molecule has 0 radical (unpaired) electrons. The number of aromatic nitrogens is 3. The summed E-state index contributed by atoms with van der Waals surface area (Å²) in [5.41, 5.74) is 12.9. The van der Waals surface area contributed by atoms with Crippen molar-refractivity contribution in [1.29, 1.82) is 0 Å². The molecule has 4 heteroatoms. The number of rotatable bonds is 5. The van der Waals surface area contributed by atoms with E-state index in [9.17, 15) is 0 Å². The average Bonchev–Trinajstić information content (AvgIpc) is 3.28. The Morgan fingerprint density at radius 1 is 0.375 bits per heavy atom. The van der Waals surface area contributed by atoms with Crippen molar-refractivity contribution in [3.05, 3.63) is 187 Å². The molecule has 1 aromatic heterocycles. The number of hydrogen-bond acceptors (Lipinski definition) is 4. The van der Waals surface area contributed by atoms with Gasteiger partial charge in [-0.3, -0.25) is 0 Å². The van der Waals surface area contributed by atoms with Crippen LogP contribution in [-0.2, 0) is 12.8 Å². The van der Waals surface area contributed by atoms with Gasteiger partial charge in [-0.15, -0.1) is 0 Å². The standard InChI is InChI=1S/C52H38N4/c1-3-13-34(14-4-1)40-30-41(35-15-5-2-6-16-35)32-42(31-40)51-53-50(54-52(55-51)47-33-37-18-7-9-19-44(37)45-20-10-11-21-46(45)47)39-25-28-49-38(29-39)24-27-43-26-23-36-17-8-12-22-48(36)56(43)49/h1-22,25,28-33,43H,23-24,26-27H2. The molecule has 11 rings (SSSR count). The second-order valence-corrected chi connectivity index (χ2v) is 15.1. The molecule has 0 N–H and O–H groups in total. The molecule has 1 atom stereocenters. The normalized spacial score (nSPS) is 14.6. The number of para-hydroxylation sites is 1. The first-order valence-corrected chi connectivity index (χ1v) is 19.7. The lowest BCUT2D eigenvalue weighted by molar-refractivity contribution is 0.518. The Bertz CT molecular complexity index is 2880. The zero-order valence-corrected chi connectivity index (χ0v) is 30.9. The van der Waals surface area contributed by atoms with Crippen molar-refractivity contribution in [1.82, 2.24) is 15.0 Å². The molecule has 2 aliphatic rings. The van der Waals surface area contributed by atoms with Gasteiger partial charge in [0.25, 0.3) is 0 Å². The van der Waals surface area contributed by atoms with Gasteiger partial charge < -0.3 is 4.90 Å². The van der Waals surface area contributed by atoms with Crippen molar-refractivity contribution in [2.24, 2.45) is 0 Å². The van der Waals surface area contributed by atoms with Gasteiger partial charge >= 0.3 is 0 Å². The maximum absolute atomic E-state index is 5.36. The lowest BCUT2D eigenvalue weighted by atomic mass is 9.86. The average molecular weight is 719 g/mol. The predicted octanol–water partition coefficient (Wildman–Crippen LogP) is 12.9. The highest BCUT2D eigenvalue weighted by Crippen LogP contribution is 2.44. The van der Waals surface area contributed by atoms with Gasteiger partial charge in [0, 0.05) is 34.1 Å². The summed E-state index contributed by atoms with van der Waals surface area (Å²) in [5.74, 6) is 2.00. The summed E-state index contributed by atoms with van der Waals surface area (Å²) in [5, 5.41) is 4.69. The van der Waals surface area contributed by atoms with Crippen LogP contribution in [0.1, 0.15) is 24.0 Å². The number of hydrogen-bond donors (Lipinski definition) is 0. The van der Waals surface area contributed by atoms with E-state index in [0.717, 1.165) is 69.0 Å². The van der Waals surface area contributed by atoms with Crippen LogP contribution < -0.4 is 4.90 Å². The Morgan fingerprint density at radius 2 is 0.929 bits per heavy atom. The Morgan fingerprint density at radius 3 is 1.68 bits per heavy atom. The fourth-order valence-corrected chi connectivity index (χ4v) is 9.03. The smallest absolute Gasteiger partial charge is 0.164 e. The van der Waals surface area contributed by atoms with Crippen molar-refractivity contribution >= 4 is 32.9 Å². The molecule has 0 spiro atoms. The third kappa shape index (κ3) is 5.65. The molecule has 0 aliphatic carbocycles. The molecule has 1 unspecified atom stereocenters. The minimum Gasteiger partial charge on any atom is -0.338 e. The van der Waals surface area contributed by atoms with Crippen LogP contribution in [0, 0.1) is 0 Å². The molecule has 2 aliphatic heterocycles. The summed E-state index contributed by atoms with van der Waals surface area (Å²) < 4.78 is 0. The minimum absolute atomic E-state index is 0.524. The minimum atomic E-state index is 0.524. The lowest BCUT2D eigenvalue weighted by Crippen LogP contribution is -2.39. The molecular weight excluding hydrogens is 681 g/mol. The number of benzene rings is 8. The summed E-state index contributed by atoms with van der Waals surface area (Å²) in [6.07, 6.45) is 4.50. The van der Waals surface area contributed by atoms with Crippen LogP contribution in [0.2, 0.25) is 0 Å². The molecule has 0 saturated heterocycles. The van der Waals surface area contributed by atoms with E-state index < -0.39 is 0 Å². The Hall–Kier alpha value is -6.91. The summed E-state index contributed by atoms with van der Waals surface area (Å²) in [7, 11) is 0. The Kier molecular flexibility index (Phi) is 7.80. The highest BCUT2D eigenvalue weighted by atomic mass is 15.2. The van der Waals surface area contributed by atoms with Crippen molar-refractivity contribution in [2.75, 3.05) is 4.90 Å². The van der Waals surface area contributed by atoms with Crippen molar-refractivity contribution in [3.63, 3.8) is 0 Å². The van der Waals surface area contributed by atoms with Gasteiger partial charge in [0.05, 0.1) is 0 Å². The van der Waals surface area contributed by atoms with Crippen LogP contribution in [0.15, 0.2) is 176 Å². The zero-order chi connectivity index (χ0) is 37.0. The van der Waals surface area contributed by atoms with Crippen LogP contribution in [0.3, 0.4) is 0 Å². The third-order valence-electron chi connectivity index (χ3n) is 11.8. The molecule has 0 saturated carbocycles. The molecule has 8 aromatic carbocycles. The fourth-order valence-electron chi connectivity index (χ4n) is 9.03. The fraction of sp³-hybridized carbons (Fsp3) is 0.0962. The Labute approximate surface area is 326 Å². The first-order valence-electron chi connectivity index (χ1n) is 19.7. The van der Waals surface area contributed by atoms with Crippen LogP contribution in [0.5, 0.6) is 0 Å². The summed E-state index contributed by atoms with van der Waals surface area (Å²) in [6, 6.07) is 63.6. The van der Waals surface area contributed by atoms with Crippen molar-refractivity contribution in [3.8, 4) is 56.4 Å². The number of anilines is 2. The predicted molar refractivity (Wildman–Crippen MR) is 231 cm³/mol. The van der Waals surface area contributed by atoms with Crippen LogP contribution >= 0.6 is 0 Å². The van der Waals surface area contributed by atoms with Gasteiger partial charge in [0.1, 0.15) is 0 Å². The van der Waals surface area contributed by atoms with Gasteiger partial charge in [-0.25, -0.2) is 15.0 Å². The van der Waals surface area contributed by atoms with E-state index in [2.05, 4.69) is 181 Å². The number of aryl methyl sites for hydroxylation is 2. The molecule has 3 heterocycles. The van der Waals surface area contributed by atoms with Crippen LogP contribution in [0.4, 0.5) is 11.4 Å². The van der Waals surface area contributed by atoms with E-state index >= 15 is 0 Å². The molecule has 266 valence electrons. The summed E-state index contributed by atoms with van der Waals surface area (Å²) >= 11 is 0. The SMILES string of the molecule is c1ccc(-c2cc(-c3ccccc3)cc(-c3nc(-c4ccc5c(c4)CCC4CCc6ccccc6N54)nc(-c4cc5ccccc5c5ccccc45)n3)c2)cc1. The van der Waals surface area contributed by atoms with Crippen LogP contribution in [0.25, 0.3) is 78.0 Å². The maximum atomic E-state index is 5.36. The monoisotopic (exact) mass is 718 g/mol. The van der Waals surface area contributed by atoms with Gasteiger partial charge in [0.2, 0.25) is 0 Å². The van der Waals surface area contributed by atoms with E-state index in [0.29, 0.717) is 23.5 Å². The molecule has 0 amide bonds. The molecule has 0 bridgehead atoms. The quantitative estimate of drug-likeness (QED) is 0.166. The first-order chi connectivity index (χ1) is 27.7. The third-order valence-corrected chi connectivity index (χ3v) is 11.8. The summed E-state index contributed by atoms with van der Waals surface area (Å²) in [6.45, 7) is 0. The molecule has 9 aromatic rings. The molecular formula is C52H38N4. The Balaban J connectivity index is 1.13. The zero-order valence-electron chi connectivity index (χ0n) is 30.9. The van der Waals surface area contributed by atoms with Crippen molar-refractivity contribution < 1.29 is 0 Å². The first kappa shape index (κ1) is 32.5. The van der Waals surface area contributed by atoms with Crippen molar-refractivity contribution in [2.45, 2.75) is 31.7 Å². The van der Waals surface area contributed by atoms with Crippen LogP contribution in [-0.4, -0.2) is 21.0 Å². The van der Waals surface area contributed by atoms with E-state index in [1.807, 2.05) is 0 Å². The maximum Gasteiger partial charge on any atom is 0.164 e. The van der Waals surface area contributed by atoms with E-state index in [1.54, 1.807) is 0 Å². The molecule has 0 fully saturated rings. The number of fused-ring (bicyclic) bond motifs is 8. The van der Waals surface area contributed by atoms with Gasteiger partial charge in [-0.05, 0) is 129 Å². The largest absolute Gasteiger partial charge is 0.338 e. The molecule has 56 heavy (non-hydrogen) atoms. The topological polar surface area (TPSA) is 41.9 Å². The van der Waals surface area contributed by atoms with Gasteiger partial charge in [-0.2, -0.15) is 0 Å². The van der Waals surface area contributed by atoms with E-state index in [-0.39, 0.29) is 0 Å². The summed E-state index contributed by atoms with van der Waals surface area (Å²) in [4.78, 5) is 18.6. The number of nitrogens with zero attached hydrogens (tertiary/aromatic N) is 4. The van der Waals surface area contributed by atoms with Gasteiger partial charge in [0.15, 0.2) is 17.5 Å². The molecule has 4 nitrogen and oxygen atoms in total. The highest BCUT2D eigenvalue weighted by molar-refractivity contribution is 6.13. The van der Waals surface area contributed by atoms with E-state index in [4.69, 9.17) is 15.0 Å².